The van der Waals surface area contributed by atoms with E-state index in [9.17, 15) is 18.8 Å². The highest BCUT2D eigenvalue weighted by atomic mass is 19.1. The molecule has 0 bridgehead atoms. The minimum absolute atomic E-state index is 0.0333. The molecule has 9 nitrogen and oxygen atoms in total. The van der Waals surface area contributed by atoms with Crippen molar-refractivity contribution < 1.29 is 29.0 Å². The molecule has 2 rings (SSSR count). The SMILES string of the molecule is N#Cc1ccc(C(C(=O)NC(CO)CO)N2C(=O)CNC2=O)cc1F. The van der Waals surface area contributed by atoms with Crippen molar-refractivity contribution in [3.05, 3.63) is 35.1 Å². The first-order chi connectivity index (χ1) is 11.9. The fraction of sp³-hybridized carbons (Fsp3) is 0.333. The molecule has 1 aromatic carbocycles. The molecule has 1 aromatic rings. The van der Waals surface area contributed by atoms with Crippen LogP contribution < -0.4 is 10.6 Å². The fourth-order valence-electron chi connectivity index (χ4n) is 2.34. The van der Waals surface area contributed by atoms with Gasteiger partial charge in [0.1, 0.15) is 17.9 Å². The van der Waals surface area contributed by atoms with Crippen molar-refractivity contribution in [2.75, 3.05) is 19.8 Å². The van der Waals surface area contributed by atoms with Gasteiger partial charge >= 0.3 is 6.03 Å². The van der Waals surface area contributed by atoms with E-state index in [0.717, 1.165) is 12.1 Å². The van der Waals surface area contributed by atoms with Gasteiger partial charge in [-0.25, -0.2) is 14.1 Å². The second-order valence-electron chi connectivity index (χ2n) is 5.25. The van der Waals surface area contributed by atoms with Crippen LogP contribution in [0.4, 0.5) is 9.18 Å². The lowest BCUT2D eigenvalue weighted by Crippen LogP contribution is -2.48. The molecule has 132 valence electrons. The number of hydrogen-bond donors (Lipinski definition) is 4. The van der Waals surface area contributed by atoms with Gasteiger partial charge in [0.05, 0.1) is 31.4 Å². The molecule has 1 atom stereocenters. The van der Waals surface area contributed by atoms with Crippen LogP contribution in [0.3, 0.4) is 0 Å². The second-order valence-corrected chi connectivity index (χ2v) is 5.25. The van der Waals surface area contributed by atoms with Crippen molar-refractivity contribution in [3.63, 3.8) is 0 Å². The number of rotatable bonds is 6. The normalized spacial score (nSPS) is 15.1. The third-order valence-corrected chi connectivity index (χ3v) is 3.60. The fourth-order valence-corrected chi connectivity index (χ4v) is 2.34. The number of nitrogens with zero attached hydrogens (tertiary/aromatic N) is 2. The first kappa shape index (κ1) is 18.3. The average Bonchev–Trinajstić information content (AvgIpc) is 2.92. The van der Waals surface area contributed by atoms with E-state index >= 15 is 0 Å². The molecule has 0 spiro atoms. The highest BCUT2D eigenvalue weighted by Crippen LogP contribution is 2.25. The summed E-state index contributed by atoms with van der Waals surface area (Å²) in [5, 5.41) is 31.5. The van der Waals surface area contributed by atoms with Crippen LogP contribution in [0, 0.1) is 17.1 Å². The molecule has 0 saturated carbocycles. The predicted molar refractivity (Wildman–Crippen MR) is 80.2 cm³/mol. The van der Waals surface area contributed by atoms with Gasteiger partial charge in [0, 0.05) is 0 Å². The van der Waals surface area contributed by atoms with E-state index in [0.29, 0.717) is 4.90 Å². The first-order valence-electron chi connectivity index (χ1n) is 7.24. The average molecular weight is 350 g/mol. The lowest BCUT2D eigenvalue weighted by atomic mass is 10.0. The molecule has 25 heavy (non-hydrogen) atoms. The minimum atomic E-state index is -1.52. The zero-order chi connectivity index (χ0) is 18.6. The van der Waals surface area contributed by atoms with Gasteiger partial charge in [-0.1, -0.05) is 6.07 Å². The van der Waals surface area contributed by atoms with Crippen LogP contribution in [0.25, 0.3) is 0 Å². The van der Waals surface area contributed by atoms with Gasteiger partial charge in [-0.3, -0.25) is 9.59 Å². The number of carbonyl (C=O) groups excluding carboxylic acids is 3. The third kappa shape index (κ3) is 3.73. The van der Waals surface area contributed by atoms with Gasteiger partial charge < -0.3 is 20.8 Å². The number of benzene rings is 1. The molecule has 4 N–H and O–H groups in total. The standard InChI is InChI=1S/C15H15FN4O5/c16-11-3-8(1-2-9(11)4-17)13(14(24)19-10(6-21)7-22)20-12(23)5-18-15(20)25/h1-3,10,13,21-22H,5-7H2,(H,18,25)(H,19,24). The quantitative estimate of drug-likeness (QED) is 0.473. The van der Waals surface area contributed by atoms with Gasteiger partial charge in [-0.05, 0) is 17.7 Å². The second kappa shape index (κ2) is 7.69. The largest absolute Gasteiger partial charge is 0.394 e. The summed E-state index contributed by atoms with van der Waals surface area (Å²) in [5.41, 5.74) is -0.294. The Hall–Kier alpha value is -3.03. The summed E-state index contributed by atoms with van der Waals surface area (Å²) in [4.78, 5) is 37.0. The van der Waals surface area contributed by atoms with Crippen LogP contribution in [-0.2, 0) is 9.59 Å². The Labute approximate surface area is 141 Å². The summed E-state index contributed by atoms with van der Waals surface area (Å²) >= 11 is 0. The minimum Gasteiger partial charge on any atom is -0.394 e. The van der Waals surface area contributed by atoms with Crippen molar-refractivity contribution in [1.82, 2.24) is 15.5 Å². The Kier molecular flexibility index (Phi) is 5.63. The van der Waals surface area contributed by atoms with Crippen molar-refractivity contribution in [2.24, 2.45) is 0 Å². The maximum absolute atomic E-state index is 13.9. The number of aliphatic hydroxyl groups is 2. The Morgan fingerprint density at radius 2 is 2.08 bits per heavy atom. The number of aliphatic hydroxyl groups excluding tert-OH is 2. The van der Waals surface area contributed by atoms with E-state index in [4.69, 9.17) is 15.5 Å². The van der Waals surface area contributed by atoms with E-state index in [2.05, 4.69) is 10.6 Å². The molecule has 1 unspecified atom stereocenters. The predicted octanol–water partition coefficient (Wildman–Crippen LogP) is -1.24. The van der Waals surface area contributed by atoms with E-state index in [1.807, 2.05) is 0 Å². The Morgan fingerprint density at radius 1 is 1.40 bits per heavy atom. The van der Waals surface area contributed by atoms with Crippen LogP contribution in [-0.4, -0.2) is 58.8 Å². The highest BCUT2D eigenvalue weighted by molar-refractivity contribution is 6.05. The number of imide groups is 1. The number of amides is 4. The molecule has 4 amide bonds. The van der Waals surface area contributed by atoms with Crippen molar-refractivity contribution in [2.45, 2.75) is 12.1 Å². The van der Waals surface area contributed by atoms with Gasteiger partial charge in [0.2, 0.25) is 5.91 Å². The Balaban J connectivity index is 2.44. The maximum atomic E-state index is 13.9. The van der Waals surface area contributed by atoms with E-state index < -0.39 is 49.0 Å². The van der Waals surface area contributed by atoms with E-state index in [1.165, 1.54) is 6.07 Å². The van der Waals surface area contributed by atoms with Gasteiger partial charge in [-0.15, -0.1) is 0 Å². The number of hydrogen-bond acceptors (Lipinski definition) is 6. The van der Waals surface area contributed by atoms with Gasteiger partial charge in [0.15, 0.2) is 0 Å². The maximum Gasteiger partial charge on any atom is 0.325 e. The number of halogens is 1. The van der Waals surface area contributed by atoms with Crippen molar-refractivity contribution >= 4 is 17.8 Å². The van der Waals surface area contributed by atoms with Gasteiger partial charge in [-0.2, -0.15) is 5.26 Å². The molecule has 0 radical (unpaired) electrons. The summed E-state index contributed by atoms with van der Waals surface area (Å²) in [6.07, 6.45) is 0. The van der Waals surface area contributed by atoms with Crippen LogP contribution in [0.5, 0.6) is 0 Å². The number of nitrogens with one attached hydrogen (secondary N) is 2. The molecule has 1 aliphatic heterocycles. The number of nitriles is 1. The molecule has 10 heteroatoms. The molecule has 1 aliphatic rings. The zero-order valence-corrected chi connectivity index (χ0v) is 12.9. The lowest BCUT2D eigenvalue weighted by Gasteiger charge is -2.26. The molecule has 1 heterocycles. The topological polar surface area (TPSA) is 143 Å². The summed E-state index contributed by atoms with van der Waals surface area (Å²) in [6, 6.07) is 1.52. The van der Waals surface area contributed by atoms with E-state index in [-0.39, 0.29) is 17.7 Å². The van der Waals surface area contributed by atoms with Crippen LogP contribution in [0.1, 0.15) is 17.2 Å². The van der Waals surface area contributed by atoms with Crippen molar-refractivity contribution in [3.8, 4) is 6.07 Å². The summed E-state index contributed by atoms with van der Waals surface area (Å²) in [7, 11) is 0. The van der Waals surface area contributed by atoms with Crippen LogP contribution in [0.2, 0.25) is 0 Å². The molecule has 1 saturated heterocycles. The van der Waals surface area contributed by atoms with Gasteiger partial charge in [0.25, 0.3) is 5.91 Å². The highest BCUT2D eigenvalue weighted by Gasteiger charge is 2.40. The van der Waals surface area contributed by atoms with Crippen LogP contribution in [0.15, 0.2) is 18.2 Å². The molecular formula is C15H15FN4O5. The Morgan fingerprint density at radius 3 is 2.56 bits per heavy atom. The molecule has 0 aliphatic carbocycles. The zero-order valence-electron chi connectivity index (χ0n) is 12.9. The van der Waals surface area contributed by atoms with E-state index in [1.54, 1.807) is 6.07 Å². The monoisotopic (exact) mass is 350 g/mol. The smallest absolute Gasteiger partial charge is 0.325 e. The van der Waals surface area contributed by atoms with Crippen LogP contribution >= 0.6 is 0 Å². The molecular weight excluding hydrogens is 335 g/mol. The number of carbonyl (C=O) groups is 3. The summed E-state index contributed by atoms with van der Waals surface area (Å²) < 4.78 is 13.9. The first-order valence-corrected chi connectivity index (χ1v) is 7.24. The Bertz CT molecular complexity index is 728. The van der Waals surface area contributed by atoms with Crippen molar-refractivity contribution in [1.29, 1.82) is 5.26 Å². The lowest BCUT2D eigenvalue weighted by molar-refractivity contribution is -0.135. The molecule has 0 aromatic heterocycles. The molecule has 1 fully saturated rings. The number of urea groups is 1. The third-order valence-electron chi connectivity index (χ3n) is 3.60. The summed E-state index contributed by atoms with van der Waals surface area (Å²) in [5.74, 6) is -2.49. The summed E-state index contributed by atoms with van der Waals surface area (Å²) in [6.45, 7) is -1.46.